The first kappa shape index (κ1) is 11.6. The number of nitrogens with zero attached hydrogens (tertiary/aromatic N) is 2. The van der Waals surface area contributed by atoms with Crippen molar-refractivity contribution in [3.05, 3.63) is 17.5 Å². The normalized spacial score (nSPS) is 26.2. The minimum atomic E-state index is 0.375. The highest BCUT2D eigenvalue weighted by Crippen LogP contribution is 2.22. The molecule has 2 atom stereocenters. The first-order chi connectivity index (χ1) is 7.65. The second kappa shape index (κ2) is 4.97. The van der Waals surface area contributed by atoms with E-state index in [9.17, 15) is 0 Å². The van der Waals surface area contributed by atoms with Crippen LogP contribution >= 0.6 is 0 Å². The number of hydrogen-bond donors (Lipinski definition) is 1. The van der Waals surface area contributed by atoms with Gasteiger partial charge in [0.1, 0.15) is 5.76 Å². The van der Waals surface area contributed by atoms with Gasteiger partial charge in [0.05, 0.1) is 5.69 Å². The quantitative estimate of drug-likeness (QED) is 0.847. The van der Waals surface area contributed by atoms with Gasteiger partial charge in [0.25, 0.3) is 0 Å². The number of nitrogens with two attached hydrogens (primary N) is 1. The molecule has 0 saturated heterocycles. The van der Waals surface area contributed by atoms with E-state index in [-0.39, 0.29) is 0 Å². The standard InChI is InChI=1S/C12H21N3O/c1-9-6-11(14-16-9)8-15(2)12-5-3-4-10(13)7-12/h6,10,12H,3-5,7-8,13H2,1-2H3. The maximum Gasteiger partial charge on any atom is 0.133 e. The highest BCUT2D eigenvalue weighted by molar-refractivity contribution is 5.03. The predicted molar refractivity (Wildman–Crippen MR) is 62.9 cm³/mol. The first-order valence-corrected chi connectivity index (χ1v) is 6.03. The van der Waals surface area contributed by atoms with E-state index in [1.165, 1.54) is 19.3 Å². The van der Waals surface area contributed by atoms with Crippen molar-refractivity contribution in [2.75, 3.05) is 7.05 Å². The molecule has 0 spiro atoms. The van der Waals surface area contributed by atoms with Crippen LogP contribution in [0, 0.1) is 6.92 Å². The summed E-state index contributed by atoms with van der Waals surface area (Å²) in [6.45, 7) is 2.78. The molecule has 4 heteroatoms. The number of aromatic nitrogens is 1. The van der Waals surface area contributed by atoms with Gasteiger partial charge in [-0.3, -0.25) is 4.90 Å². The Kier molecular flexibility index (Phi) is 3.61. The van der Waals surface area contributed by atoms with Gasteiger partial charge < -0.3 is 10.3 Å². The summed E-state index contributed by atoms with van der Waals surface area (Å²) < 4.78 is 5.07. The van der Waals surface area contributed by atoms with Crippen LogP contribution < -0.4 is 5.73 Å². The summed E-state index contributed by atoms with van der Waals surface area (Å²) in [6.07, 6.45) is 4.77. The van der Waals surface area contributed by atoms with Crippen molar-refractivity contribution < 1.29 is 4.52 Å². The van der Waals surface area contributed by atoms with Crippen molar-refractivity contribution in [3.63, 3.8) is 0 Å². The van der Waals surface area contributed by atoms with E-state index in [0.29, 0.717) is 12.1 Å². The van der Waals surface area contributed by atoms with E-state index in [2.05, 4.69) is 17.1 Å². The smallest absolute Gasteiger partial charge is 0.133 e. The van der Waals surface area contributed by atoms with Gasteiger partial charge in [0.15, 0.2) is 0 Å². The van der Waals surface area contributed by atoms with Crippen molar-refractivity contribution in [1.29, 1.82) is 0 Å². The summed E-state index contributed by atoms with van der Waals surface area (Å²) in [5.41, 5.74) is 7.01. The summed E-state index contributed by atoms with van der Waals surface area (Å²) in [4.78, 5) is 2.34. The molecule has 1 fully saturated rings. The van der Waals surface area contributed by atoms with Crippen molar-refractivity contribution in [2.45, 2.75) is 51.2 Å². The van der Waals surface area contributed by atoms with E-state index in [0.717, 1.165) is 24.4 Å². The van der Waals surface area contributed by atoms with Crippen LogP contribution in [-0.4, -0.2) is 29.2 Å². The third kappa shape index (κ3) is 2.83. The zero-order valence-electron chi connectivity index (χ0n) is 10.1. The van der Waals surface area contributed by atoms with Crippen LogP contribution in [0.2, 0.25) is 0 Å². The Hall–Kier alpha value is -0.870. The summed E-state index contributed by atoms with van der Waals surface area (Å²) in [6, 6.07) is 2.97. The summed E-state index contributed by atoms with van der Waals surface area (Å²) in [5.74, 6) is 0.878. The minimum Gasteiger partial charge on any atom is -0.361 e. The van der Waals surface area contributed by atoms with Gasteiger partial charge in [-0.1, -0.05) is 11.6 Å². The monoisotopic (exact) mass is 223 g/mol. The van der Waals surface area contributed by atoms with Crippen molar-refractivity contribution in [1.82, 2.24) is 10.1 Å². The lowest BCUT2D eigenvalue weighted by molar-refractivity contribution is 0.170. The molecule has 0 radical (unpaired) electrons. The van der Waals surface area contributed by atoms with Gasteiger partial charge in [0.2, 0.25) is 0 Å². The lowest BCUT2D eigenvalue weighted by Crippen LogP contribution is -2.40. The second-order valence-electron chi connectivity index (χ2n) is 4.92. The average Bonchev–Trinajstić information content (AvgIpc) is 2.64. The molecule has 1 aromatic rings. The molecular formula is C12H21N3O. The SMILES string of the molecule is Cc1cc(CN(C)C2CCCC(N)C2)no1. The van der Waals surface area contributed by atoms with Gasteiger partial charge >= 0.3 is 0 Å². The average molecular weight is 223 g/mol. The third-order valence-corrected chi connectivity index (χ3v) is 3.40. The zero-order chi connectivity index (χ0) is 11.5. The summed E-state index contributed by atoms with van der Waals surface area (Å²) in [7, 11) is 2.15. The predicted octanol–water partition coefficient (Wildman–Crippen LogP) is 1.68. The van der Waals surface area contributed by atoms with Crippen molar-refractivity contribution in [2.24, 2.45) is 5.73 Å². The van der Waals surface area contributed by atoms with Crippen LogP contribution in [0.3, 0.4) is 0 Å². The van der Waals surface area contributed by atoms with Crippen molar-refractivity contribution >= 4 is 0 Å². The molecule has 90 valence electrons. The molecule has 2 rings (SSSR count). The third-order valence-electron chi connectivity index (χ3n) is 3.40. The Morgan fingerprint density at radius 3 is 3.00 bits per heavy atom. The van der Waals surface area contributed by atoms with E-state index in [4.69, 9.17) is 10.3 Å². The topological polar surface area (TPSA) is 55.3 Å². The molecule has 1 heterocycles. The molecule has 1 aromatic heterocycles. The molecule has 0 amide bonds. The minimum absolute atomic E-state index is 0.375. The van der Waals surface area contributed by atoms with E-state index >= 15 is 0 Å². The lowest BCUT2D eigenvalue weighted by Gasteiger charge is -2.33. The maximum atomic E-state index is 6.00. The van der Waals surface area contributed by atoms with Gasteiger partial charge in [0, 0.05) is 24.7 Å². The zero-order valence-corrected chi connectivity index (χ0v) is 10.1. The number of rotatable bonds is 3. The highest BCUT2D eigenvalue weighted by atomic mass is 16.5. The maximum absolute atomic E-state index is 6.00. The van der Waals surface area contributed by atoms with E-state index < -0.39 is 0 Å². The van der Waals surface area contributed by atoms with Crippen LogP contribution in [0.5, 0.6) is 0 Å². The lowest BCUT2D eigenvalue weighted by atomic mass is 9.91. The van der Waals surface area contributed by atoms with Gasteiger partial charge in [-0.15, -0.1) is 0 Å². The van der Waals surface area contributed by atoms with Gasteiger partial charge in [-0.25, -0.2) is 0 Å². The molecule has 2 N–H and O–H groups in total. The first-order valence-electron chi connectivity index (χ1n) is 6.03. The molecule has 2 unspecified atom stereocenters. The van der Waals surface area contributed by atoms with Crippen LogP contribution in [0.4, 0.5) is 0 Å². The molecule has 1 saturated carbocycles. The van der Waals surface area contributed by atoms with Crippen molar-refractivity contribution in [3.8, 4) is 0 Å². The van der Waals surface area contributed by atoms with Gasteiger partial charge in [-0.2, -0.15) is 0 Å². The molecule has 0 aliphatic heterocycles. The molecule has 4 nitrogen and oxygen atoms in total. The fourth-order valence-electron chi connectivity index (χ4n) is 2.48. The highest BCUT2D eigenvalue weighted by Gasteiger charge is 2.23. The Morgan fingerprint density at radius 2 is 2.38 bits per heavy atom. The molecule has 1 aliphatic carbocycles. The van der Waals surface area contributed by atoms with Crippen LogP contribution in [0.15, 0.2) is 10.6 Å². The summed E-state index contributed by atoms with van der Waals surface area (Å²) >= 11 is 0. The second-order valence-corrected chi connectivity index (χ2v) is 4.92. The molecule has 0 aromatic carbocycles. The molecule has 16 heavy (non-hydrogen) atoms. The Labute approximate surface area is 96.8 Å². The van der Waals surface area contributed by atoms with E-state index in [1.54, 1.807) is 0 Å². The van der Waals surface area contributed by atoms with Gasteiger partial charge in [-0.05, 0) is 33.2 Å². The van der Waals surface area contributed by atoms with Crippen LogP contribution in [-0.2, 0) is 6.54 Å². The summed E-state index contributed by atoms with van der Waals surface area (Å²) in [5, 5.41) is 4.02. The largest absolute Gasteiger partial charge is 0.361 e. The molecular weight excluding hydrogens is 202 g/mol. The molecule has 1 aliphatic rings. The van der Waals surface area contributed by atoms with Crippen LogP contribution in [0.25, 0.3) is 0 Å². The Bertz CT molecular complexity index is 337. The Morgan fingerprint density at radius 1 is 1.56 bits per heavy atom. The fourth-order valence-corrected chi connectivity index (χ4v) is 2.48. The van der Waals surface area contributed by atoms with Crippen LogP contribution in [0.1, 0.15) is 37.1 Å². The van der Waals surface area contributed by atoms with E-state index in [1.807, 2.05) is 13.0 Å². The number of aryl methyl sites for hydroxylation is 1. The number of hydrogen-bond acceptors (Lipinski definition) is 4. The molecule has 0 bridgehead atoms. The Balaban J connectivity index is 1.89. The fraction of sp³-hybridized carbons (Fsp3) is 0.750.